The maximum absolute atomic E-state index is 13.0. The van der Waals surface area contributed by atoms with Gasteiger partial charge in [0, 0.05) is 11.7 Å². The molecule has 1 atom stereocenters. The lowest BCUT2D eigenvalue weighted by Crippen LogP contribution is -2.07. The van der Waals surface area contributed by atoms with Gasteiger partial charge in [-0.25, -0.2) is 4.39 Å². The van der Waals surface area contributed by atoms with Crippen molar-refractivity contribution in [3.8, 4) is 0 Å². The van der Waals surface area contributed by atoms with Gasteiger partial charge in [-0.3, -0.25) is 0 Å². The van der Waals surface area contributed by atoms with Crippen LogP contribution in [0.25, 0.3) is 0 Å². The summed E-state index contributed by atoms with van der Waals surface area (Å²) in [5.74, 6) is -0.193. The van der Waals surface area contributed by atoms with E-state index >= 15 is 0 Å². The molecule has 1 nitrogen and oxygen atoms in total. The van der Waals surface area contributed by atoms with E-state index in [9.17, 15) is 4.39 Å². The van der Waals surface area contributed by atoms with Crippen molar-refractivity contribution in [3.63, 3.8) is 0 Å². The first-order chi connectivity index (χ1) is 8.56. The topological polar surface area (TPSA) is 12.0 Å². The van der Waals surface area contributed by atoms with Crippen molar-refractivity contribution in [2.45, 2.75) is 26.8 Å². The molecule has 2 rings (SSSR count). The molecule has 2 heteroatoms. The van der Waals surface area contributed by atoms with Crippen LogP contribution in [0.4, 0.5) is 10.1 Å². The summed E-state index contributed by atoms with van der Waals surface area (Å²) >= 11 is 0. The molecular weight excluding hydrogens is 225 g/mol. The fraction of sp³-hybridized carbons (Fsp3) is 0.250. The molecule has 0 aliphatic heterocycles. The van der Waals surface area contributed by atoms with E-state index in [1.165, 1.54) is 17.2 Å². The molecule has 0 aliphatic rings. The van der Waals surface area contributed by atoms with Crippen LogP contribution in [0.5, 0.6) is 0 Å². The summed E-state index contributed by atoms with van der Waals surface area (Å²) in [5.41, 5.74) is 4.38. The molecular formula is C16H18FN. The molecule has 0 aliphatic carbocycles. The van der Waals surface area contributed by atoms with Crippen molar-refractivity contribution in [1.29, 1.82) is 0 Å². The molecule has 0 amide bonds. The number of hydrogen-bond donors (Lipinski definition) is 1. The van der Waals surface area contributed by atoms with Crippen LogP contribution in [-0.2, 0) is 0 Å². The van der Waals surface area contributed by atoms with Gasteiger partial charge in [-0.2, -0.15) is 0 Å². The summed E-state index contributed by atoms with van der Waals surface area (Å²) in [6.45, 7) is 6.09. The van der Waals surface area contributed by atoms with Crippen LogP contribution in [-0.4, -0.2) is 0 Å². The SMILES string of the molecule is Cc1ccc(C(C)Nc2ccc(F)cc2C)cc1. The molecule has 0 saturated carbocycles. The van der Waals surface area contributed by atoms with Crippen LogP contribution in [0.3, 0.4) is 0 Å². The maximum atomic E-state index is 13.0. The van der Waals surface area contributed by atoms with Crippen molar-refractivity contribution in [1.82, 2.24) is 0 Å². The lowest BCUT2D eigenvalue weighted by molar-refractivity contribution is 0.626. The minimum absolute atomic E-state index is 0.193. The van der Waals surface area contributed by atoms with Crippen LogP contribution in [0.2, 0.25) is 0 Å². The number of hydrogen-bond acceptors (Lipinski definition) is 1. The molecule has 2 aromatic rings. The largest absolute Gasteiger partial charge is 0.378 e. The van der Waals surface area contributed by atoms with Gasteiger partial charge in [-0.05, 0) is 50.1 Å². The van der Waals surface area contributed by atoms with E-state index in [0.717, 1.165) is 11.3 Å². The Kier molecular flexibility index (Phi) is 3.66. The van der Waals surface area contributed by atoms with Crippen LogP contribution < -0.4 is 5.32 Å². The van der Waals surface area contributed by atoms with Gasteiger partial charge >= 0.3 is 0 Å². The van der Waals surface area contributed by atoms with Crippen molar-refractivity contribution < 1.29 is 4.39 Å². The maximum Gasteiger partial charge on any atom is 0.123 e. The van der Waals surface area contributed by atoms with E-state index in [0.29, 0.717) is 0 Å². The van der Waals surface area contributed by atoms with Gasteiger partial charge in [0.15, 0.2) is 0 Å². The summed E-state index contributed by atoms with van der Waals surface area (Å²) in [7, 11) is 0. The second-order valence-corrected chi connectivity index (χ2v) is 4.74. The molecule has 0 saturated heterocycles. The first-order valence-electron chi connectivity index (χ1n) is 6.15. The zero-order chi connectivity index (χ0) is 13.1. The fourth-order valence-electron chi connectivity index (χ4n) is 1.96. The third kappa shape index (κ3) is 2.89. The molecule has 0 spiro atoms. The Morgan fingerprint density at radius 1 is 1.00 bits per heavy atom. The average Bonchev–Trinajstić information content (AvgIpc) is 2.33. The van der Waals surface area contributed by atoms with Crippen molar-refractivity contribution in [2.24, 2.45) is 0 Å². The molecule has 1 N–H and O–H groups in total. The molecule has 0 aromatic heterocycles. The van der Waals surface area contributed by atoms with E-state index in [1.54, 1.807) is 12.1 Å². The summed E-state index contributed by atoms with van der Waals surface area (Å²) in [5, 5.41) is 3.41. The third-order valence-electron chi connectivity index (χ3n) is 3.14. The Bertz CT molecular complexity index is 531. The number of benzene rings is 2. The Morgan fingerprint density at radius 3 is 2.28 bits per heavy atom. The van der Waals surface area contributed by atoms with E-state index < -0.39 is 0 Å². The highest BCUT2D eigenvalue weighted by molar-refractivity contribution is 5.52. The van der Waals surface area contributed by atoms with Gasteiger partial charge < -0.3 is 5.32 Å². The first kappa shape index (κ1) is 12.6. The molecule has 94 valence electrons. The number of nitrogens with one attached hydrogen (secondary N) is 1. The average molecular weight is 243 g/mol. The molecule has 0 bridgehead atoms. The molecule has 0 fully saturated rings. The highest BCUT2D eigenvalue weighted by atomic mass is 19.1. The van der Waals surface area contributed by atoms with Gasteiger partial charge in [-0.1, -0.05) is 29.8 Å². The lowest BCUT2D eigenvalue weighted by atomic mass is 10.1. The quantitative estimate of drug-likeness (QED) is 0.829. The second-order valence-electron chi connectivity index (χ2n) is 4.74. The molecule has 1 unspecified atom stereocenters. The smallest absolute Gasteiger partial charge is 0.123 e. The highest BCUT2D eigenvalue weighted by Crippen LogP contribution is 2.22. The number of rotatable bonds is 3. The van der Waals surface area contributed by atoms with E-state index in [-0.39, 0.29) is 11.9 Å². The van der Waals surface area contributed by atoms with Gasteiger partial charge in [-0.15, -0.1) is 0 Å². The van der Waals surface area contributed by atoms with Crippen molar-refractivity contribution in [3.05, 3.63) is 65.0 Å². The Labute approximate surface area is 108 Å². The Hall–Kier alpha value is -1.83. The minimum atomic E-state index is -0.193. The van der Waals surface area contributed by atoms with Crippen molar-refractivity contribution >= 4 is 5.69 Å². The molecule has 0 radical (unpaired) electrons. The van der Waals surface area contributed by atoms with Crippen LogP contribution in [0.1, 0.15) is 29.7 Å². The summed E-state index contributed by atoms with van der Waals surface area (Å²) in [4.78, 5) is 0. The number of aryl methyl sites for hydroxylation is 2. The zero-order valence-corrected chi connectivity index (χ0v) is 11.0. The van der Waals surface area contributed by atoms with Gasteiger partial charge in [0.2, 0.25) is 0 Å². The minimum Gasteiger partial charge on any atom is -0.378 e. The standard InChI is InChI=1S/C16H18FN/c1-11-4-6-14(7-5-11)13(3)18-16-9-8-15(17)10-12(16)2/h4-10,13,18H,1-3H3. The van der Waals surface area contributed by atoms with Gasteiger partial charge in [0.05, 0.1) is 0 Å². The molecule has 2 aromatic carbocycles. The third-order valence-corrected chi connectivity index (χ3v) is 3.14. The van der Waals surface area contributed by atoms with Crippen LogP contribution >= 0.6 is 0 Å². The van der Waals surface area contributed by atoms with Crippen LogP contribution in [0, 0.1) is 19.7 Å². The fourth-order valence-corrected chi connectivity index (χ4v) is 1.96. The summed E-state index contributed by atoms with van der Waals surface area (Å²) in [6.07, 6.45) is 0. The monoisotopic (exact) mass is 243 g/mol. The van der Waals surface area contributed by atoms with Gasteiger partial charge in [0.1, 0.15) is 5.82 Å². The van der Waals surface area contributed by atoms with Crippen LogP contribution in [0.15, 0.2) is 42.5 Å². The number of halogens is 1. The highest BCUT2D eigenvalue weighted by Gasteiger charge is 2.07. The summed E-state index contributed by atoms with van der Waals surface area (Å²) < 4.78 is 13.0. The summed E-state index contributed by atoms with van der Waals surface area (Å²) in [6, 6.07) is 13.5. The van der Waals surface area contributed by atoms with Crippen molar-refractivity contribution in [2.75, 3.05) is 5.32 Å². The second kappa shape index (κ2) is 5.21. The number of anilines is 1. The molecule has 18 heavy (non-hydrogen) atoms. The Morgan fingerprint density at radius 2 is 1.67 bits per heavy atom. The van der Waals surface area contributed by atoms with Gasteiger partial charge in [0.25, 0.3) is 0 Å². The zero-order valence-electron chi connectivity index (χ0n) is 11.0. The van der Waals surface area contributed by atoms with E-state index in [2.05, 4.69) is 43.4 Å². The normalized spacial score (nSPS) is 12.2. The Balaban J connectivity index is 2.15. The lowest BCUT2D eigenvalue weighted by Gasteiger charge is -2.17. The van der Waals surface area contributed by atoms with E-state index in [4.69, 9.17) is 0 Å². The van der Waals surface area contributed by atoms with E-state index in [1.807, 2.05) is 6.92 Å². The first-order valence-corrected chi connectivity index (χ1v) is 6.15. The predicted octanol–water partition coefficient (Wildman–Crippen LogP) is 4.62. The molecule has 0 heterocycles. The predicted molar refractivity (Wildman–Crippen MR) is 74.4 cm³/mol.